The van der Waals surface area contributed by atoms with E-state index in [-0.39, 0.29) is 6.07 Å². The molecule has 11 heteroatoms. The summed E-state index contributed by atoms with van der Waals surface area (Å²) in [6.07, 6.45) is -10.0. The maximum Gasteiger partial charge on any atom is 0.435 e. The number of nitrogens with zero attached hydrogens (tertiary/aromatic N) is 2. The number of aromatic nitrogens is 2. The fraction of sp³-hybridized carbons (Fsp3) is 0.267. The first-order chi connectivity index (χ1) is 11.7. The third-order valence-electron chi connectivity index (χ3n) is 3.50. The Bertz CT molecular complexity index is 896. The van der Waals surface area contributed by atoms with Crippen LogP contribution in [0.4, 0.5) is 26.3 Å². The standard InChI is InChI=1S/C15H10F6N2O3/c1-6(24)11-10(12(15(19,20)21)22-23(11)2)9-5-7(14(16,17)18)3-4-8(9)13(25)26/h3-5H,1-2H3,(H,25,26). The molecule has 1 aromatic heterocycles. The number of carbonyl (C=O) groups excluding carboxylic acids is 1. The number of aryl methyl sites for hydroxylation is 1. The van der Waals surface area contributed by atoms with Gasteiger partial charge in [0.25, 0.3) is 0 Å². The minimum Gasteiger partial charge on any atom is -0.478 e. The van der Waals surface area contributed by atoms with Crippen LogP contribution in [0.1, 0.15) is 39.0 Å². The predicted molar refractivity (Wildman–Crippen MR) is 75.6 cm³/mol. The average Bonchev–Trinajstić information content (AvgIpc) is 2.83. The van der Waals surface area contributed by atoms with Gasteiger partial charge in [-0.1, -0.05) is 0 Å². The molecule has 0 aliphatic rings. The molecule has 0 radical (unpaired) electrons. The van der Waals surface area contributed by atoms with Crippen molar-refractivity contribution in [3.63, 3.8) is 0 Å². The molecule has 0 aliphatic carbocycles. The maximum absolute atomic E-state index is 13.3. The monoisotopic (exact) mass is 380 g/mol. The lowest BCUT2D eigenvalue weighted by atomic mass is 9.94. The first-order valence-electron chi connectivity index (χ1n) is 6.85. The van der Waals surface area contributed by atoms with E-state index < -0.39 is 57.7 Å². The zero-order valence-electron chi connectivity index (χ0n) is 13.2. The van der Waals surface area contributed by atoms with Gasteiger partial charge in [0.2, 0.25) is 0 Å². The predicted octanol–water partition coefficient (Wildman–Crippen LogP) is 4.03. The normalized spacial score (nSPS) is 12.3. The summed E-state index contributed by atoms with van der Waals surface area (Å²) in [5.41, 5.74) is -6.37. The molecule has 2 rings (SSSR count). The quantitative estimate of drug-likeness (QED) is 0.645. The zero-order valence-corrected chi connectivity index (χ0v) is 13.2. The van der Waals surface area contributed by atoms with Crippen molar-refractivity contribution in [1.82, 2.24) is 9.78 Å². The summed E-state index contributed by atoms with van der Waals surface area (Å²) < 4.78 is 79.3. The van der Waals surface area contributed by atoms with Crippen LogP contribution in [0.15, 0.2) is 18.2 Å². The molecular weight excluding hydrogens is 370 g/mol. The summed E-state index contributed by atoms with van der Waals surface area (Å²) in [7, 11) is 1.00. The summed E-state index contributed by atoms with van der Waals surface area (Å²) in [6, 6.07) is 1.24. The molecule has 0 bridgehead atoms. The van der Waals surface area contributed by atoms with Crippen LogP contribution in [0.5, 0.6) is 0 Å². The minimum atomic E-state index is -5.12. The lowest BCUT2D eigenvalue weighted by Crippen LogP contribution is -2.12. The smallest absolute Gasteiger partial charge is 0.435 e. The zero-order chi connectivity index (χ0) is 20.0. The van der Waals surface area contributed by atoms with Crippen LogP contribution < -0.4 is 0 Å². The third-order valence-corrected chi connectivity index (χ3v) is 3.50. The Kier molecular flexibility index (Phi) is 4.60. The minimum absolute atomic E-state index is 0.266. The Hall–Kier alpha value is -2.85. The highest BCUT2D eigenvalue weighted by atomic mass is 19.4. The highest BCUT2D eigenvalue weighted by Crippen LogP contribution is 2.41. The molecule has 5 nitrogen and oxygen atoms in total. The van der Waals surface area contributed by atoms with Crippen LogP contribution in [0, 0.1) is 0 Å². The van der Waals surface area contributed by atoms with E-state index in [2.05, 4.69) is 5.10 Å². The molecule has 26 heavy (non-hydrogen) atoms. The number of aromatic carboxylic acids is 1. The number of carboxylic acids is 1. The maximum atomic E-state index is 13.3. The largest absolute Gasteiger partial charge is 0.478 e. The van der Waals surface area contributed by atoms with E-state index in [0.717, 1.165) is 14.0 Å². The average molecular weight is 380 g/mol. The Balaban J connectivity index is 2.99. The molecule has 1 N–H and O–H groups in total. The van der Waals surface area contributed by atoms with Gasteiger partial charge < -0.3 is 5.11 Å². The van der Waals surface area contributed by atoms with Gasteiger partial charge in [0.15, 0.2) is 11.5 Å². The van der Waals surface area contributed by atoms with E-state index in [4.69, 9.17) is 0 Å². The molecule has 0 aliphatic heterocycles. The van der Waals surface area contributed by atoms with Gasteiger partial charge in [-0.3, -0.25) is 9.48 Å². The molecule has 0 atom stereocenters. The number of carboxylic acid groups (broad SMARTS) is 1. The summed E-state index contributed by atoms with van der Waals surface area (Å²) >= 11 is 0. The molecule has 0 unspecified atom stereocenters. The Morgan fingerprint density at radius 2 is 1.65 bits per heavy atom. The van der Waals surface area contributed by atoms with Crippen molar-refractivity contribution in [2.45, 2.75) is 19.3 Å². The number of hydrogen-bond donors (Lipinski definition) is 1. The molecule has 0 saturated carbocycles. The van der Waals surface area contributed by atoms with Gasteiger partial charge in [-0.2, -0.15) is 31.4 Å². The molecule has 1 heterocycles. The van der Waals surface area contributed by atoms with Crippen LogP contribution in [-0.2, 0) is 19.4 Å². The highest BCUT2D eigenvalue weighted by molar-refractivity contribution is 6.04. The number of alkyl halides is 6. The second kappa shape index (κ2) is 6.15. The summed E-state index contributed by atoms with van der Waals surface area (Å²) in [6.45, 7) is 0.898. The van der Waals surface area contributed by atoms with Crippen LogP contribution in [-0.4, -0.2) is 26.6 Å². The number of ketones is 1. The molecule has 0 spiro atoms. The van der Waals surface area contributed by atoms with Crippen LogP contribution in [0.3, 0.4) is 0 Å². The SMILES string of the molecule is CC(=O)c1c(-c2cc(C(F)(F)F)ccc2C(=O)O)c(C(F)(F)F)nn1C. The molecule has 0 saturated heterocycles. The van der Waals surface area contributed by atoms with E-state index >= 15 is 0 Å². The van der Waals surface area contributed by atoms with Gasteiger partial charge in [-0.25, -0.2) is 4.79 Å². The first-order valence-corrected chi connectivity index (χ1v) is 6.85. The van der Waals surface area contributed by atoms with Crippen molar-refractivity contribution in [2.75, 3.05) is 0 Å². The summed E-state index contributed by atoms with van der Waals surface area (Å²) in [5, 5.41) is 12.3. The molecule has 1 aromatic carbocycles. The number of carbonyl (C=O) groups is 2. The van der Waals surface area contributed by atoms with Gasteiger partial charge in [-0.05, 0) is 18.2 Å². The number of Topliss-reactive ketones (excluding diaryl/α,β-unsaturated/α-hetero) is 1. The van der Waals surface area contributed by atoms with Gasteiger partial charge in [-0.15, -0.1) is 0 Å². The number of hydrogen-bond acceptors (Lipinski definition) is 3. The molecule has 0 fully saturated rings. The van der Waals surface area contributed by atoms with Crippen molar-refractivity contribution in [3.05, 3.63) is 40.7 Å². The summed E-state index contributed by atoms with van der Waals surface area (Å²) in [5.74, 6) is -2.67. The molecule has 2 aromatic rings. The Labute approximate surface area is 141 Å². The van der Waals surface area contributed by atoms with Gasteiger partial charge in [0, 0.05) is 25.1 Å². The third kappa shape index (κ3) is 3.41. The van der Waals surface area contributed by atoms with E-state index in [1.807, 2.05) is 0 Å². The lowest BCUT2D eigenvalue weighted by Gasteiger charge is -2.14. The molecule has 140 valence electrons. The Morgan fingerprint density at radius 3 is 2.08 bits per heavy atom. The number of halogens is 6. The second-order valence-corrected chi connectivity index (χ2v) is 5.31. The fourth-order valence-electron chi connectivity index (χ4n) is 2.50. The molecular formula is C15H10F6N2O3. The first kappa shape index (κ1) is 19.5. The fourth-order valence-corrected chi connectivity index (χ4v) is 2.50. The van der Waals surface area contributed by atoms with Crippen LogP contribution in [0.2, 0.25) is 0 Å². The van der Waals surface area contributed by atoms with Crippen molar-refractivity contribution in [2.24, 2.45) is 7.05 Å². The van der Waals surface area contributed by atoms with Gasteiger partial charge in [0.1, 0.15) is 5.69 Å². The van der Waals surface area contributed by atoms with Crippen LogP contribution >= 0.6 is 0 Å². The van der Waals surface area contributed by atoms with Crippen molar-refractivity contribution < 1.29 is 41.0 Å². The van der Waals surface area contributed by atoms with Crippen molar-refractivity contribution >= 4 is 11.8 Å². The number of benzene rings is 1. The van der Waals surface area contributed by atoms with Gasteiger partial charge >= 0.3 is 18.3 Å². The van der Waals surface area contributed by atoms with Gasteiger partial charge in [0.05, 0.1) is 11.1 Å². The molecule has 0 amide bonds. The number of rotatable bonds is 3. The highest BCUT2D eigenvalue weighted by Gasteiger charge is 2.41. The van der Waals surface area contributed by atoms with E-state index in [0.29, 0.717) is 16.8 Å². The summed E-state index contributed by atoms with van der Waals surface area (Å²) in [4.78, 5) is 23.1. The van der Waals surface area contributed by atoms with Crippen LogP contribution in [0.25, 0.3) is 11.1 Å². The van der Waals surface area contributed by atoms with E-state index in [9.17, 15) is 41.0 Å². The topological polar surface area (TPSA) is 72.2 Å². The second-order valence-electron chi connectivity index (χ2n) is 5.31. The Morgan fingerprint density at radius 1 is 1.08 bits per heavy atom. The van der Waals surface area contributed by atoms with Crippen molar-refractivity contribution in [1.29, 1.82) is 0 Å². The van der Waals surface area contributed by atoms with E-state index in [1.54, 1.807) is 0 Å². The lowest BCUT2D eigenvalue weighted by molar-refractivity contribution is -0.141. The van der Waals surface area contributed by atoms with Crippen molar-refractivity contribution in [3.8, 4) is 11.1 Å². The van der Waals surface area contributed by atoms with E-state index in [1.165, 1.54) is 0 Å².